The van der Waals surface area contributed by atoms with Crippen LogP contribution < -0.4 is 49.0 Å². The molecule has 0 N–H and O–H groups in total. The summed E-state index contributed by atoms with van der Waals surface area (Å²) in [5.74, 6) is -1.93. The number of halogens is 4. The number of para-hydroxylation sites is 10. The van der Waals surface area contributed by atoms with E-state index in [9.17, 15) is 17.6 Å². The standard InChI is InChI=1S/C17H18N2.C15H12F2N2.C15H14N2.C14H18N2.C14H11NS.C12H12F2N2.C12H14N2/c1-11-8-12(2)13-10-17-18(3)14-6-4-5-7-15(14)19(17)16(13)9-11;1-18-12-4-2-3-5-13(12)19-14-7-9(16)6-11(17)10(14)8-15(18)19;1-16-13-8-4-5-9-14(13)17-12-7-3-2-6-11(12)10-15(16)17;1-9-5-10(2)12-7-14-15(4)11(3)8-16(14)13(12)6-9;1-2-6-11-10(5-1)9-14-15(11)12-7-3-4-8-13(12)16-14;1-7-6-16-11-4-8(13)3-10(14)9(11)5-12(16)15(7)2;1-9-8-14-11-6-4-3-5-10(11)7-12(14)13(9)2/h4-9,17H,10H2,1-3H3;2-7,15H,8H2,1H3;2-9,15H,10H2,1H3;5-6,8,14H,7H2,1-4H3;1-8,14H,9H2;3-4,6,12H,5H2,1-2H3;3-6,8,12H,7H2,1-2H3. The zero-order chi connectivity index (χ0) is 80.8. The van der Waals surface area contributed by atoms with Crippen LogP contribution >= 0.6 is 11.8 Å². The highest BCUT2D eigenvalue weighted by Crippen LogP contribution is 2.56. The Balaban J connectivity index is 0.0000000910. The van der Waals surface area contributed by atoms with E-state index in [4.69, 9.17) is 0 Å². The van der Waals surface area contributed by atoms with Crippen LogP contribution in [0.1, 0.15) is 82.0 Å². The van der Waals surface area contributed by atoms with E-state index in [1.165, 1.54) is 135 Å². The topological polar surface area (TPSA) is 42.1 Å². The lowest BCUT2D eigenvalue weighted by molar-refractivity contribution is 0.342. The van der Waals surface area contributed by atoms with Crippen LogP contribution in [0.3, 0.4) is 0 Å². The first-order chi connectivity index (χ1) is 56.5. The van der Waals surface area contributed by atoms with Crippen LogP contribution in [-0.4, -0.2) is 99.4 Å². The third kappa shape index (κ3) is 12.6. The summed E-state index contributed by atoms with van der Waals surface area (Å²) in [6.07, 6.45) is 15.4. The van der Waals surface area contributed by atoms with Gasteiger partial charge in [-0.25, -0.2) is 17.6 Å². The predicted molar refractivity (Wildman–Crippen MR) is 474 cm³/mol. The lowest BCUT2D eigenvalue weighted by Gasteiger charge is -2.24. The number of anilines is 14. The molecule has 0 bridgehead atoms. The molecular formula is C99H99F4N13S. The average Bonchev–Trinajstić information content (AvgIpc) is 1.57. The molecule has 18 heteroatoms. The van der Waals surface area contributed by atoms with Crippen LogP contribution in [0.15, 0.2) is 259 Å². The minimum atomic E-state index is -0.524. The molecule has 0 aliphatic carbocycles. The van der Waals surface area contributed by atoms with Gasteiger partial charge >= 0.3 is 0 Å². The van der Waals surface area contributed by atoms with Gasteiger partial charge in [0.2, 0.25) is 0 Å². The number of allylic oxidation sites excluding steroid dienone is 3. The molecule has 594 valence electrons. The SMILES string of the molecule is CC1=CN2c3cc(C)cc(C)c3CC2N1C.CC1=CN2c3cc(F)cc(F)c3CC2N1C.CC1=CN2c3ccccc3CC2N1C.CN1c2ccccc2N2c3cc(F)cc(F)c3CC12.CN1c2ccccc2N2c3ccccc3CC12.Cc1cc(C)c2c(c1)N1c3ccccc3N(C)C1C2.c1ccc2c(c1)CC1Sc3ccccc3N21. The Hall–Kier alpha value is -11.9. The van der Waals surface area contributed by atoms with Gasteiger partial charge in [-0.05, 0) is 190 Å². The predicted octanol–water partition coefficient (Wildman–Crippen LogP) is 21.6. The maximum Gasteiger partial charge on any atom is 0.131 e. The molecule has 7 unspecified atom stereocenters. The van der Waals surface area contributed by atoms with E-state index in [0.717, 1.165) is 61.3 Å². The van der Waals surface area contributed by atoms with Crippen LogP contribution in [0.2, 0.25) is 0 Å². The van der Waals surface area contributed by atoms with Gasteiger partial charge in [0.05, 0.1) is 56.6 Å². The van der Waals surface area contributed by atoms with Crippen molar-refractivity contribution >= 4 is 91.4 Å². The summed E-state index contributed by atoms with van der Waals surface area (Å²) in [6.45, 7) is 15.2. The molecule has 0 amide bonds. The molecule has 0 saturated carbocycles. The molecule has 117 heavy (non-hydrogen) atoms. The van der Waals surface area contributed by atoms with Gasteiger partial charge in [0.1, 0.15) is 60.3 Å². The Morgan fingerprint density at radius 1 is 0.265 bits per heavy atom. The van der Waals surface area contributed by atoms with Gasteiger partial charge < -0.3 is 63.7 Å². The number of hydrogen-bond donors (Lipinski definition) is 0. The van der Waals surface area contributed by atoms with Crippen LogP contribution in [0.25, 0.3) is 0 Å². The van der Waals surface area contributed by atoms with Crippen LogP contribution in [0.5, 0.6) is 0 Å². The lowest BCUT2D eigenvalue weighted by Crippen LogP contribution is -2.36. The number of aryl methyl sites for hydroxylation is 4. The first-order valence-electron chi connectivity index (χ1n) is 40.9. The molecule has 14 heterocycles. The molecule has 14 aliphatic rings. The summed E-state index contributed by atoms with van der Waals surface area (Å²) >= 11 is 1.99. The minimum Gasteiger partial charge on any atom is -0.356 e. The molecule has 13 nitrogen and oxygen atoms in total. The van der Waals surface area contributed by atoms with E-state index >= 15 is 0 Å². The molecule has 25 rings (SSSR count). The van der Waals surface area contributed by atoms with Crippen molar-refractivity contribution in [3.8, 4) is 0 Å². The van der Waals surface area contributed by atoms with Gasteiger partial charge in [-0.1, -0.05) is 127 Å². The molecule has 0 fully saturated rings. The second-order valence-corrected chi connectivity index (χ2v) is 34.5. The summed E-state index contributed by atoms with van der Waals surface area (Å²) in [5.41, 5.74) is 35.2. The fourth-order valence-electron chi connectivity index (χ4n) is 20.3. The fourth-order valence-corrected chi connectivity index (χ4v) is 21.6. The van der Waals surface area contributed by atoms with Crippen LogP contribution in [0, 0.1) is 51.0 Å². The molecule has 0 spiro atoms. The van der Waals surface area contributed by atoms with Gasteiger partial charge in [-0.3, -0.25) is 0 Å². The van der Waals surface area contributed by atoms with Crippen LogP contribution in [0.4, 0.5) is 97.2 Å². The first-order valence-corrected chi connectivity index (χ1v) is 41.8. The van der Waals surface area contributed by atoms with E-state index in [0.29, 0.717) is 65.4 Å². The second kappa shape index (κ2) is 29.4. The van der Waals surface area contributed by atoms with E-state index in [1.54, 1.807) is 0 Å². The van der Waals surface area contributed by atoms with E-state index in [-0.39, 0.29) is 12.3 Å². The maximum atomic E-state index is 13.9. The Morgan fingerprint density at radius 2 is 0.581 bits per heavy atom. The van der Waals surface area contributed by atoms with Crippen LogP contribution in [-0.2, 0) is 44.9 Å². The van der Waals surface area contributed by atoms with Gasteiger partial charge in [0.25, 0.3) is 0 Å². The Bertz CT molecular complexity index is 5640. The number of fused-ring (bicyclic) bond motifs is 29. The average molecular weight is 1580 g/mol. The number of rotatable bonds is 0. The van der Waals surface area contributed by atoms with Gasteiger partial charge in [-0.2, -0.15) is 0 Å². The summed E-state index contributed by atoms with van der Waals surface area (Å²) in [7, 11) is 12.7. The smallest absolute Gasteiger partial charge is 0.131 e. The molecule has 7 atom stereocenters. The lowest BCUT2D eigenvalue weighted by atomic mass is 10.0. The number of thioether (sulfide) groups is 1. The number of hydrogen-bond acceptors (Lipinski definition) is 14. The summed E-state index contributed by atoms with van der Waals surface area (Å²) in [6, 6.07) is 74.1. The third-order valence-corrected chi connectivity index (χ3v) is 27.7. The Kier molecular flexibility index (Phi) is 18.9. The van der Waals surface area contributed by atoms with E-state index in [2.05, 4.69) is 306 Å². The quantitative estimate of drug-likeness (QED) is 0.135. The van der Waals surface area contributed by atoms with Crippen molar-refractivity contribution in [1.82, 2.24) is 14.7 Å². The van der Waals surface area contributed by atoms with E-state index in [1.807, 2.05) is 73.0 Å². The molecule has 0 radical (unpaired) electrons. The van der Waals surface area contributed by atoms with Crippen molar-refractivity contribution < 1.29 is 17.6 Å². The number of benzene rings is 11. The normalized spacial score (nSPS) is 20.9. The van der Waals surface area contributed by atoms with E-state index < -0.39 is 23.3 Å². The number of likely N-dealkylation sites (N-methyl/N-ethyl adjacent to an activating group) is 6. The van der Waals surface area contributed by atoms with Crippen molar-refractivity contribution in [2.75, 3.05) is 91.3 Å². The molecule has 14 aliphatic heterocycles. The van der Waals surface area contributed by atoms with Crippen molar-refractivity contribution in [3.05, 3.63) is 339 Å². The molecule has 0 aromatic heterocycles. The summed E-state index contributed by atoms with van der Waals surface area (Å²) < 4.78 is 54.1. The molecule has 11 aromatic rings. The Morgan fingerprint density at radius 3 is 1.09 bits per heavy atom. The largest absolute Gasteiger partial charge is 0.356 e. The molecule has 11 aromatic carbocycles. The van der Waals surface area contributed by atoms with Crippen molar-refractivity contribution in [2.45, 2.75) is 141 Å². The summed E-state index contributed by atoms with van der Waals surface area (Å²) in [4.78, 5) is 31.3. The molecular weight excluding hydrogens is 1480 g/mol. The zero-order valence-electron chi connectivity index (χ0n) is 68.7. The highest BCUT2D eigenvalue weighted by atomic mass is 32.2. The van der Waals surface area contributed by atoms with Gasteiger partial charge in [0, 0.05) is 180 Å². The fraction of sp³-hybridized carbons (Fsp3) is 0.273. The monoisotopic (exact) mass is 1580 g/mol. The first kappa shape index (κ1) is 75.2. The highest BCUT2D eigenvalue weighted by molar-refractivity contribution is 8.00. The Labute approximate surface area is 690 Å². The van der Waals surface area contributed by atoms with Crippen molar-refractivity contribution in [1.29, 1.82) is 0 Å². The highest BCUT2D eigenvalue weighted by Gasteiger charge is 2.46. The summed E-state index contributed by atoms with van der Waals surface area (Å²) in [5, 5.41) is 0.579. The van der Waals surface area contributed by atoms with Crippen molar-refractivity contribution in [3.63, 3.8) is 0 Å². The second-order valence-electron chi connectivity index (χ2n) is 33.3. The van der Waals surface area contributed by atoms with Crippen molar-refractivity contribution in [2.24, 2.45) is 0 Å². The molecule has 0 saturated heterocycles. The maximum absolute atomic E-state index is 13.9. The zero-order valence-corrected chi connectivity index (χ0v) is 69.6. The minimum absolute atomic E-state index is 0.0451. The third-order valence-electron chi connectivity index (χ3n) is 26.5. The van der Waals surface area contributed by atoms with Gasteiger partial charge in [-0.15, -0.1) is 0 Å². The van der Waals surface area contributed by atoms with Gasteiger partial charge in [0.15, 0.2) is 0 Å². The number of nitrogens with zero attached hydrogens (tertiary/aromatic N) is 13.